The molecule has 3 aromatic carbocycles. The molecule has 6 nitrogen and oxygen atoms in total. The predicted octanol–water partition coefficient (Wildman–Crippen LogP) is 5.81. The Morgan fingerprint density at radius 3 is 2.66 bits per heavy atom. The van der Waals surface area contributed by atoms with Gasteiger partial charge in [-0.2, -0.15) is 0 Å². The molecule has 0 spiro atoms. The van der Waals surface area contributed by atoms with Gasteiger partial charge >= 0.3 is 0 Å². The standard InChI is InChI=1S/C26H26N4O2S3/c1-35(31,32)21-11-12-23-24(17-21)34-25(30-23)27-15-13-18-7-9-20(10-8-18)28-26-29-22(14-16-33-26)19-5-3-2-4-6-19/h2-12,17,22H,13-16H2,1H3,(H,27,30)(H,28,29). The number of hydrogen-bond acceptors (Lipinski definition) is 7. The number of anilines is 1. The molecule has 1 unspecified atom stereocenters. The highest BCUT2D eigenvalue weighted by Crippen LogP contribution is 2.29. The Morgan fingerprint density at radius 2 is 1.89 bits per heavy atom. The van der Waals surface area contributed by atoms with Crippen LogP contribution in [0.1, 0.15) is 23.6 Å². The van der Waals surface area contributed by atoms with Crippen molar-refractivity contribution in [3.63, 3.8) is 0 Å². The first kappa shape index (κ1) is 23.8. The topological polar surface area (TPSA) is 83.5 Å². The predicted molar refractivity (Wildman–Crippen MR) is 148 cm³/mol. The molecule has 0 aliphatic carbocycles. The molecule has 1 aliphatic heterocycles. The van der Waals surface area contributed by atoms with E-state index < -0.39 is 9.84 Å². The van der Waals surface area contributed by atoms with Crippen molar-refractivity contribution >= 4 is 59.1 Å². The van der Waals surface area contributed by atoms with Crippen LogP contribution in [0.4, 0.5) is 10.8 Å². The second kappa shape index (κ2) is 10.4. The highest BCUT2D eigenvalue weighted by molar-refractivity contribution is 8.13. The molecule has 1 aliphatic rings. The smallest absolute Gasteiger partial charge is 0.183 e. The summed E-state index contributed by atoms with van der Waals surface area (Å²) in [6, 6.07) is 24.2. The van der Waals surface area contributed by atoms with Gasteiger partial charge in [0.1, 0.15) is 0 Å². The van der Waals surface area contributed by atoms with Crippen LogP contribution < -0.4 is 10.6 Å². The second-order valence-electron chi connectivity index (χ2n) is 8.43. The van der Waals surface area contributed by atoms with E-state index in [-0.39, 0.29) is 0 Å². The van der Waals surface area contributed by atoms with E-state index in [1.54, 1.807) is 30.0 Å². The number of rotatable bonds is 7. The van der Waals surface area contributed by atoms with Crippen molar-refractivity contribution in [1.82, 2.24) is 10.3 Å². The maximum atomic E-state index is 11.8. The number of fused-ring (bicyclic) bond motifs is 1. The summed E-state index contributed by atoms with van der Waals surface area (Å²) in [5.41, 5.74) is 4.26. The van der Waals surface area contributed by atoms with E-state index in [1.165, 1.54) is 28.7 Å². The summed E-state index contributed by atoms with van der Waals surface area (Å²) < 4.78 is 24.4. The number of aliphatic imine (C=N–C) groups is 1. The van der Waals surface area contributed by atoms with Crippen molar-refractivity contribution in [1.29, 1.82) is 0 Å². The van der Waals surface area contributed by atoms with Gasteiger partial charge in [0.15, 0.2) is 20.1 Å². The zero-order chi connectivity index (χ0) is 24.3. The van der Waals surface area contributed by atoms with Gasteiger partial charge < -0.3 is 10.6 Å². The van der Waals surface area contributed by atoms with E-state index in [9.17, 15) is 8.42 Å². The minimum absolute atomic E-state index is 0.307. The minimum Gasteiger partial charge on any atom is -0.361 e. The molecule has 0 bridgehead atoms. The largest absolute Gasteiger partial charge is 0.361 e. The van der Waals surface area contributed by atoms with Gasteiger partial charge in [-0.25, -0.2) is 18.4 Å². The van der Waals surface area contributed by atoms with E-state index in [1.807, 2.05) is 6.07 Å². The lowest BCUT2D eigenvalue weighted by atomic mass is 10.1. The molecule has 5 rings (SSSR count). The molecule has 1 saturated heterocycles. The molecule has 180 valence electrons. The first-order valence-electron chi connectivity index (χ1n) is 11.4. The zero-order valence-corrected chi connectivity index (χ0v) is 21.7. The molecule has 0 amide bonds. The Kier molecular flexibility index (Phi) is 7.08. The van der Waals surface area contributed by atoms with E-state index in [2.05, 4.69) is 64.1 Å². The maximum absolute atomic E-state index is 11.8. The van der Waals surface area contributed by atoms with Crippen molar-refractivity contribution in [2.45, 2.75) is 23.8 Å². The molecule has 4 aromatic rings. The number of sulfone groups is 1. The van der Waals surface area contributed by atoms with Crippen LogP contribution in [0.3, 0.4) is 0 Å². The van der Waals surface area contributed by atoms with E-state index in [0.717, 1.165) is 51.3 Å². The zero-order valence-electron chi connectivity index (χ0n) is 19.3. The Morgan fingerprint density at radius 1 is 1.09 bits per heavy atom. The van der Waals surface area contributed by atoms with Crippen molar-refractivity contribution in [3.05, 3.63) is 83.9 Å². The summed E-state index contributed by atoms with van der Waals surface area (Å²) in [7, 11) is -3.22. The Balaban J connectivity index is 1.17. The lowest BCUT2D eigenvalue weighted by Gasteiger charge is -2.25. The van der Waals surface area contributed by atoms with Crippen molar-refractivity contribution in [2.24, 2.45) is 4.99 Å². The molecule has 2 N–H and O–H groups in total. The summed E-state index contributed by atoms with van der Waals surface area (Å²) >= 11 is 3.23. The van der Waals surface area contributed by atoms with Gasteiger partial charge in [0, 0.05) is 18.6 Å². The molecule has 1 aromatic heterocycles. The molecule has 0 radical (unpaired) electrons. The SMILES string of the molecule is CS(=O)(=O)c1ccc2nc(NCCc3ccc(/N=C4/NC(c5ccccc5)CCS4)cc3)sc2c1. The molecule has 1 fully saturated rings. The van der Waals surface area contributed by atoms with Crippen LogP contribution in [-0.2, 0) is 16.3 Å². The monoisotopic (exact) mass is 522 g/mol. The summed E-state index contributed by atoms with van der Waals surface area (Å²) in [4.78, 5) is 9.69. The van der Waals surface area contributed by atoms with Gasteiger partial charge in [-0.3, -0.25) is 0 Å². The van der Waals surface area contributed by atoms with Gasteiger partial charge in [0.25, 0.3) is 0 Å². The number of thiazole rings is 1. The van der Waals surface area contributed by atoms with Gasteiger partial charge in [0.05, 0.1) is 26.8 Å². The van der Waals surface area contributed by atoms with Gasteiger partial charge in [0.2, 0.25) is 0 Å². The minimum atomic E-state index is -3.22. The number of thioether (sulfide) groups is 1. The van der Waals surface area contributed by atoms with Crippen molar-refractivity contribution in [2.75, 3.05) is 23.9 Å². The third-order valence-electron chi connectivity index (χ3n) is 5.79. The lowest BCUT2D eigenvalue weighted by Crippen LogP contribution is -2.31. The first-order chi connectivity index (χ1) is 16.9. The number of hydrogen-bond donors (Lipinski definition) is 2. The molecule has 9 heteroatoms. The molecule has 1 atom stereocenters. The van der Waals surface area contributed by atoms with E-state index in [4.69, 9.17) is 4.99 Å². The van der Waals surface area contributed by atoms with Gasteiger partial charge in [-0.1, -0.05) is 65.6 Å². The average molecular weight is 523 g/mol. The maximum Gasteiger partial charge on any atom is 0.183 e. The van der Waals surface area contributed by atoms with Gasteiger partial charge in [-0.15, -0.1) is 0 Å². The number of amidine groups is 1. The highest BCUT2D eigenvalue weighted by Gasteiger charge is 2.19. The molecular weight excluding hydrogens is 497 g/mol. The van der Waals surface area contributed by atoms with Gasteiger partial charge in [-0.05, 0) is 54.3 Å². The quantitative estimate of drug-likeness (QED) is 0.319. The van der Waals surface area contributed by atoms with Crippen molar-refractivity contribution in [3.8, 4) is 0 Å². The van der Waals surface area contributed by atoms with Crippen LogP contribution in [0, 0.1) is 0 Å². The van der Waals surface area contributed by atoms with E-state index in [0.29, 0.717) is 10.9 Å². The van der Waals surface area contributed by atoms with Crippen LogP contribution in [0.25, 0.3) is 10.2 Å². The fourth-order valence-electron chi connectivity index (χ4n) is 3.92. The van der Waals surface area contributed by atoms with Crippen molar-refractivity contribution < 1.29 is 8.42 Å². The summed E-state index contributed by atoms with van der Waals surface area (Å²) in [5, 5.41) is 8.69. The number of benzene rings is 3. The third kappa shape index (κ3) is 6.04. The van der Waals surface area contributed by atoms with Crippen LogP contribution >= 0.6 is 23.1 Å². The average Bonchev–Trinajstić information content (AvgIpc) is 3.27. The van der Waals surface area contributed by atoms with Crippen LogP contribution in [0.15, 0.2) is 82.7 Å². The van der Waals surface area contributed by atoms with Crippen LogP contribution in [0.2, 0.25) is 0 Å². The van der Waals surface area contributed by atoms with Crippen LogP contribution in [-0.4, -0.2) is 37.1 Å². The molecule has 35 heavy (non-hydrogen) atoms. The Labute approximate surface area is 213 Å². The second-order valence-corrected chi connectivity index (χ2v) is 12.6. The fraction of sp³-hybridized carbons (Fsp3) is 0.231. The fourth-order valence-corrected chi connectivity index (χ4v) is 6.51. The number of nitrogens with one attached hydrogen (secondary N) is 2. The summed E-state index contributed by atoms with van der Waals surface area (Å²) in [6.45, 7) is 0.739. The summed E-state index contributed by atoms with van der Waals surface area (Å²) in [5.74, 6) is 1.05. The molecular formula is C26H26N4O2S3. The number of aromatic nitrogens is 1. The Bertz CT molecular complexity index is 1450. The molecule has 0 saturated carbocycles. The number of nitrogens with zero attached hydrogens (tertiary/aromatic N) is 2. The van der Waals surface area contributed by atoms with E-state index >= 15 is 0 Å². The highest BCUT2D eigenvalue weighted by atomic mass is 32.2. The normalized spacial score (nSPS) is 17.4. The Hall–Kier alpha value is -2.88. The lowest BCUT2D eigenvalue weighted by molar-refractivity contribution is 0.602. The summed E-state index contributed by atoms with van der Waals surface area (Å²) in [6.07, 6.45) is 3.16. The van der Waals surface area contributed by atoms with Crippen LogP contribution in [0.5, 0.6) is 0 Å². The first-order valence-corrected chi connectivity index (χ1v) is 15.1. The third-order valence-corrected chi connectivity index (χ3v) is 8.80. The molecule has 2 heterocycles.